The van der Waals surface area contributed by atoms with Crippen LogP contribution in [0.2, 0.25) is 0 Å². The highest BCUT2D eigenvalue weighted by atomic mass is 32.2. The van der Waals surface area contributed by atoms with Gasteiger partial charge in [-0.2, -0.15) is 0 Å². The number of amides is 1. The zero-order valence-corrected chi connectivity index (χ0v) is 13.4. The number of sulfone groups is 1. The summed E-state index contributed by atoms with van der Waals surface area (Å²) in [5, 5.41) is 2.33. The molecule has 1 N–H and O–H groups in total. The van der Waals surface area contributed by atoms with Crippen LogP contribution in [0, 0.1) is 5.82 Å². The van der Waals surface area contributed by atoms with E-state index < -0.39 is 38.0 Å². The largest absolute Gasteiger partial charge is 0.465 e. The molecule has 0 radical (unpaired) electrons. The molecule has 22 heavy (non-hydrogen) atoms. The molecule has 0 saturated carbocycles. The fourth-order valence-electron chi connectivity index (χ4n) is 1.52. The minimum atomic E-state index is -4.07. The minimum absolute atomic E-state index is 0.0412. The number of ether oxygens (including phenoxy) is 1. The van der Waals surface area contributed by atoms with Gasteiger partial charge >= 0.3 is 5.97 Å². The Morgan fingerprint density at radius 1 is 1.23 bits per heavy atom. The number of hydrogen-bond acceptors (Lipinski definition) is 5. The van der Waals surface area contributed by atoms with E-state index in [1.165, 1.54) is 26.0 Å². The van der Waals surface area contributed by atoms with Crippen LogP contribution in [0.3, 0.4) is 0 Å². The van der Waals surface area contributed by atoms with Crippen molar-refractivity contribution in [3.63, 3.8) is 0 Å². The van der Waals surface area contributed by atoms with Crippen molar-refractivity contribution in [1.29, 1.82) is 0 Å². The van der Waals surface area contributed by atoms with Crippen molar-refractivity contribution in [3.8, 4) is 0 Å². The Morgan fingerprint density at radius 3 is 2.27 bits per heavy atom. The fraction of sp³-hybridized carbons (Fsp3) is 0.429. The summed E-state index contributed by atoms with van der Waals surface area (Å²) in [6, 6.07) is 4.87. The van der Waals surface area contributed by atoms with Crippen LogP contribution in [-0.2, 0) is 24.2 Å². The second-order valence-electron chi connectivity index (χ2n) is 5.04. The lowest BCUT2D eigenvalue weighted by Gasteiger charge is -2.22. The molecule has 1 aromatic carbocycles. The molecule has 0 aliphatic carbocycles. The van der Waals surface area contributed by atoms with E-state index in [-0.39, 0.29) is 12.3 Å². The molecule has 8 heteroatoms. The van der Waals surface area contributed by atoms with Crippen molar-refractivity contribution < 1.29 is 27.1 Å². The monoisotopic (exact) mass is 331 g/mol. The summed E-state index contributed by atoms with van der Waals surface area (Å²) < 4.78 is 40.0. The lowest BCUT2D eigenvalue weighted by atomic mass is 10.2. The Labute approximate surface area is 128 Å². The molecule has 0 fully saturated rings. The molecule has 122 valence electrons. The second-order valence-corrected chi connectivity index (χ2v) is 7.58. The van der Waals surface area contributed by atoms with E-state index in [4.69, 9.17) is 4.74 Å². The van der Waals surface area contributed by atoms with Gasteiger partial charge in [-0.25, -0.2) is 12.8 Å². The molecule has 6 nitrogen and oxygen atoms in total. The Morgan fingerprint density at radius 2 is 1.77 bits per heavy atom. The summed E-state index contributed by atoms with van der Waals surface area (Å²) in [5.41, 5.74) is 0.260. The van der Waals surface area contributed by atoms with Gasteiger partial charge in [0, 0.05) is 5.69 Å². The number of esters is 1. The number of rotatable bonds is 6. The Bertz CT molecular complexity index is 652. The Balaban J connectivity index is 2.81. The standard InChI is InChI=1S/C14H18FNO5S/c1-4-21-13(18)14(2,3)22(19,20)9-12(17)16-11-7-5-10(15)6-8-11/h5-8H,4,9H2,1-3H3,(H,16,17). The lowest BCUT2D eigenvalue weighted by Crippen LogP contribution is -2.45. The molecule has 1 amide bonds. The van der Waals surface area contributed by atoms with Crippen molar-refractivity contribution >= 4 is 27.4 Å². The van der Waals surface area contributed by atoms with E-state index >= 15 is 0 Å². The first kappa shape index (κ1) is 18.1. The van der Waals surface area contributed by atoms with Gasteiger partial charge in [-0.1, -0.05) is 0 Å². The van der Waals surface area contributed by atoms with E-state index in [0.29, 0.717) is 0 Å². The highest BCUT2D eigenvalue weighted by Gasteiger charge is 2.44. The van der Waals surface area contributed by atoms with E-state index in [2.05, 4.69) is 5.32 Å². The van der Waals surface area contributed by atoms with Gasteiger partial charge in [0.1, 0.15) is 11.6 Å². The van der Waals surface area contributed by atoms with Gasteiger partial charge < -0.3 is 10.1 Å². The first-order valence-corrected chi connectivity index (χ1v) is 8.20. The summed E-state index contributed by atoms with van der Waals surface area (Å²) in [5.74, 6) is -3.08. The van der Waals surface area contributed by atoms with Gasteiger partial charge in [0.25, 0.3) is 0 Å². The van der Waals surface area contributed by atoms with Crippen molar-refractivity contribution in [3.05, 3.63) is 30.1 Å². The molecule has 0 aliphatic heterocycles. The van der Waals surface area contributed by atoms with Crippen LogP contribution in [0.25, 0.3) is 0 Å². The first-order valence-electron chi connectivity index (χ1n) is 6.55. The van der Waals surface area contributed by atoms with Crippen LogP contribution in [0.15, 0.2) is 24.3 Å². The maximum absolute atomic E-state index is 12.8. The molecule has 1 aromatic rings. The number of nitrogens with one attached hydrogen (secondary N) is 1. The average molecular weight is 331 g/mol. The molecule has 1 rings (SSSR count). The van der Waals surface area contributed by atoms with Crippen LogP contribution >= 0.6 is 0 Å². The van der Waals surface area contributed by atoms with E-state index in [9.17, 15) is 22.4 Å². The first-order chi connectivity index (χ1) is 10.1. The van der Waals surface area contributed by atoms with Crippen LogP contribution in [0.1, 0.15) is 20.8 Å². The normalized spacial score (nSPS) is 11.8. The SMILES string of the molecule is CCOC(=O)C(C)(C)S(=O)(=O)CC(=O)Nc1ccc(F)cc1. The third-order valence-electron chi connectivity index (χ3n) is 2.99. The highest BCUT2D eigenvalue weighted by molar-refractivity contribution is 7.94. The molecule has 0 atom stereocenters. The summed E-state index contributed by atoms with van der Waals surface area (Å²) in [6.07, 6.45) is 0. The quantitative estimate of drug-likeness (QED) is 0.798. The predicted molar refractivity (Wildman–Crippen MR) is 79.5 cm³/mol. The Kier molecular flexibility index (Phi) is 5.65. The van der Waals surface area contributed by atoms with Gasteiger partial charge in [0.2, 0.25) is 5.91 Å². The number of carbonyl (C=O) groups is 2. The molecule has 0 heterocycles. The third-order valence-corrected chi connectivity index (χ3v) is 5.36. The van der Waals surface area contributed by atoms with Gasteiger partial charge in [0.05, 0.1) is 6.61 Å². The van der Waals surface area contributed by atoms with E-state index in [1.54, 1.807) is 6.92 Å². The number of hydrogen-bond donors (Lipinski definition) is 1. The van der Waals surface area contributed by atoms with Gasteiger partial charge in [0.15, 0.2) is 14.6 Å². The summed E-state index contributed by atoms with van der Waals surface area (Å²) in [4.78, 5) is 23.5. The number of benzene rings is 1. The number of anilines is 1. The molecule has 0 saturated heterocycles. The smallest absolute Gasteiger partial charge is 0.326 e. The topological polar surface area (TPSA) is 89.5 Å². The summed E-state index contributed by atoms with van der Waals surface area (Å²) >= 11 is 0. The number of halogens is 1. The zero-order valence-electron chi connectivity index (χ0n) is 12.6. The zero-order chi connectivity index (χ0) is 17.0. The van der Waals surface area contributed by atoms with Crippen molar-refractivity contribution in [1.82, 2.24) is 0 Å². The second kappa shape index (κ2) is 6.87. The predicted octanol–water partition coefficient (Wildman–Crippen LogP) is 1.52. The van der Waals surface area contributed by atoms with E-state index in [1.807, 2.05) is 0 Å². The molecule has 0 aliphatic rings. The van der Waals surface area contributed by atoms with Crippen LogP contribution in [0.5, 0.6) is 0 Å². The fourth-order valence-corrected chi connectivity index (χ4v) is 2.61. The van der Waals surface area contributed by atoms with Crippen LogP contribution in [-0.4, -0.2) is 37.4 Å². The van der Waals surface area contributed by atoms with E-state index in [0.717, 1.165) is 12.1 Å². The maximum atomic E-state index is 12.8. The average Bonchev–Trinajstić information content (AvgIpc) is 2.40. The summed E-state index contributed by atoms with van der Waals surface area (Å²) in [6.45, 7) is 3.97. The molecule has 0 aromatic heterocycles. The molecule has 0 bridgehead atoms. The minimum Gasteiger partial charge on any atom is -0.465 e. The summed E-state index contributed by atoms with van der Waals surface area (Å²) in [7, 11) is -4.07. The molecule has 0 spiro atoms. The van der Waals surface area contributed by atoms with Crippen molar-refractivity contribution in [2.24, 2.45) is 0 Å². The van der Waals surface area contributed by atoms with Crippen molar-refractivity contribution in [2.75, 3.05) is 17.7 Å². The lowest BCUT2D eigenvalue weighted by molar-refractivity contribution is -0.145. The molecular weight excluding hydrogens is 313 g/mol. The molecule has 0 unspecified atom stereocenters. The molecular formula is C14H18FNO5S. The van der Waals surface area contributed by atoms with Gasteiger partial charge in [-0.15, -0.1) is 0 Å². The van der Waals surface area contributed by atoms with Gasteiger partial charge in [-0.3, -0.25) is 9.59 Å². The Hall–Kier alpha value is -1.96. The third kappa shape index (κ3) is 4.27. The van der Waals surface area contributed by atoms with Crippen molar-refractivity contribution in [2.45, 2.75) is 25.5 Å². The highest BCUT2D eigenvalue weighted by Crippen LogP contribution is 2.20. The van der Waals surface area contributed by atoms with Gasteiger partial charge in [-0.05, 0) is 45.0 Å². The van der Waals surface area contributed by atoms with Crippen LogP contribution < -0.4 is 5.32 Å². The maximum Gasteiger partial charge on any atom is 0.326 e. The van der Waals surface area contributed by atoms with Crippen LogP contribution in [0.4, 0.5) is 10.1 Å². The number of carbonyl (C=O) groups excluding carboxylic acids is 2.